The molecule has 1 heterocycles. The third-order valence-electron chi connectivity index (χ3n) is 5.68. The van der Waals surface area contributed by atoms with Gasteiger partial charge >= 0.3 is 0 Å². The number of nitro benzene ring substituents is 1. The van der Waals surface area contributed by atoms with E-state index in [9.17, 15) is 19.7 Å². The summed E-state index contributed by atoms with van der Waals surface area (Å²) < 4.78 is 0. The molecule has 0 unspecified atom stereocenters. The third kappa shape index (κ3) is 5.81. The molecule has 1 N–H and O–H groups in total. The minimum Gasteiger partial charge on any atom is -0.372 e. The van der Waals surface area contributed by atoms with Crippen molar-refractivity contribution in [3.63, 3.8) is 0 Å². The number of aromatic nitrogens is 1. The monoisotopic (exact) mass is 475 g/mol. The van der Waals surface area contributed by atoms with Crippen molar-refractivity contribution in [3.8, 4) is 0 Å². The molecule has 0 aliphatic heterocycles. The first-order chi connectivity index (χ1) is 16.8. The molecule has 1 aromatic heterocycles. The second kappa shape index (κ2) is 11.2. The number of nitro groups is 1. The predicted molar refractivity (Wildman–Crippen MR) is 136 cm³/mol. The van der Waals surface area contributed by atoms with Crippen molar-refractivity contribution in [2.75, 3.05) is 37.0 Å². The van der Waals surface area contributed by atoms with Crippen LogP contribution < -0.4 is 15.1 Å². The molecule has 0 saturated carbocycles. The van der Waals surface area contributed by atoms with Gasteiger partial charge in [-0.3, -0.25) is 19.7 Å². The SMILES string of the molecule is CCN(CC)c1ccc(CNC(=O)c2ccccc2C(=O)c2ccc(N(C)C)c([N+](=O)[O-])c2)cn1. The number of nitrogens with one attached hydrogen (secondary N) is 1. The lowest BCUT2D eigenvalue weighted by Crippen LogP contribution is -2.25. The number of ketones is 1. The number of carbonyl (C=O) groups excluding carboxylic acids is 2. The van der Waals surface area contributed by atoms with Crippen LogP contribution in [0.5, 0.6) is 0 Å². The fourth-order valence-electron chi connectivity index (χ4n) is 3.76. The Morgan fingerprint density at radius 1 is 1.00 bits per heavy atom. The smallest absolute Gasteiger partial charge is 0.293 e. The average Bonchev–Trinajstić information content (AvgIpc) is 2.87. The summed E-state index contributed by atoms with van der Waals surface area (Å²) in [5.41, 5.74) is 1.55. The number of benzene rings is 2. The summed E-state index contributed by atoms with van der Waals surface area (Å²) in [7, 11) is 3.38. The molecular weight excluding hydrogens is 446 g/mol. The Bertz CT molecular complexity index is 1220. The molecule has 3 aromatic rings. The minimum absolute atomic E-state index is 0.138. The molecule has 9 heteroatoms. The molecule has 0 fully saturated rings. The van der Waals surface area contributed by atoms with Crippen LogP contribution in [0, 0.1) is 10.1 Å². The van der Waals surface area contributed by atoms with Gasteiger partial charge in [0.1, 0.15) is 11.5 Å². The summed E-state index contributed by atoms with van der Waals surface area (Å²) in [6.07, 6.45) is 1.72. The first-order valence-electron chi connectivity index (χ1n) is 11.3. The highest BCUT2D eigenvalue weighted by Gasteiger charge is 2.22. The number of hydrogen-bond donors (Lipinski definition) is 1. The van der Waals surface area contributed by atoms with Gasteiger partial charge in [-0.2, -0.15) is 0 Å². The number of rotatable bonds is 10. The second-order valence-electron chi connectivity index (χ2n) is 8.11. The molecule has 0 atom stereocenters. The molecule has 0 bridgehead atoms. The molecule has 182 valence electrons. The Labute approximate surface area is 204 Å². The lowest BCUT2D eigenvalue weighted by molar-refractivity contribution is -0.384. The first kappa shape index (κ1) is 25.4. The van der Waals surface area contributed by atoms with E-state index in [1.807, 2.05) is 12.1 Å². The summed E-state index contributed by atoms with van der Waals surface area (Å²) in [6.45, 7) is 6.08. The highest BCUT2D eigenvalue weighted by molar-refractivity contribution is 6.15. The number of pyridine rings is 1. The molecule has 0 aliphatic rings. The molecule has 2 aromatic carbocycles. The Balaban J connectivity index is 1.80. The molecular formula is C26H29N5O4. The molecule has 0 aliphatic carbocycles. The summed E-state index contributed by atoms with van der Waals surface area (Å²) in [5, 5.41) is 14.4. The molecule has 1 amide bonds. The van der Waals surface area contributed by atoms with Crippen LogP contribution >= 0.6 is 0 Å². The van der Waals surface area contributed by atoms with Crippen molar-refractivity contribution in [2.24, 2.45) is 0 Å². The lowest BCUT2D eigenvalue weighted by atomic mass is 9.97. The van der Waals surface area contributed by atoms with Gasteiger partial charge in [-0.05, 0) is 43.7 Å². The molecule has 0 radical (unpaired) electrons. The van der Waals surface area contributed by atoms with Gasteiger partial charge in [0.15, 0.2) is 5.78 Å². The highest BCUT2D eigenvalue weighted by Crippen LogP contribution is 2.29. The molecule has 0 saturated heterocycles. The average molecular weight is 476 g/mol. The zero-order valence-corrected chi connectivity index (χ0v) is 20.3. The van der Waals surface area contributed by atoms with E-state index < -0.39 is 16.6 Å². The number of nitrogens with zero attached hydrogens (tertiary/aromatic N) is 4. The van der Waals surface area contributed by atoms with Gasteiger partial charge in [-0.25, -0.2) is 4.98 Å². The second-order valence-corrected chi connectivity index (χ2v) is 8.11. The maximum Gasteiger partial charge on any atom is 0.293 e. The fourth-order valence-corrected chi connectivity index (χ4v) is 3.76. The van der Waals surface area contributed by atoms with Gasteiger partial charge in [0, 0.05) is 57.1 Å². The zero-order valence-electron chi connectivity index (χ0n) is 20.3. The van der Waals surface area contributed by atoms with Crippen molar-refractivity contribution < 1.29 is 14.5 Å². The van der Waals surface area contributed by atoms with E-state index in [1.54, 1.807) is 49.5 Å². The maximum atomic E-state index is 13.2. The van der Waals surface area contributed by atoms with E-state index >= 15 is 0 Å². The topological polar surface area (TPSA) is 109 Å². The molecule has 35 heavy (non-hydrogen) atoms. The standard InChI is InChI=1S/C26H29N5O4/c1-5-30(6-2)24-14-11-18(16-27-24)17-28-26(33)21-10-8-7-9-20(21)25(32)19-12-13-22(29(3)4)23(15-19)31(34)35/h7-16H,5-6,17H2,1-4H3,(H,28,33). The van der Waals surface area contributed by atoms with Crippen LogP contribution in [0.1, 0.15) is 45.7 Å². The van der Waals surface area contributed by atoms with Crippen LogP contribution in [0.4, 0.5) is 17.2 Å². The Hall–Kier alpha value is -4.27. The Kier molecular flexibility index (Phi) is 8.14. The van der Waals surface area contributed by atoms with E-state index in [1.165, 1.54) is 18.2 Å². The molecule has 3 rings (SSSR count). The van der Waals surface area contributed by atoms with E-state index in [-0.39, 0.29) is 28.9 Å². The summed E-state index contributed by atoms with van der Waals surface area (Å²) in [5.74, 6) is -0.00835. The van der Waals surface area contributed by atoms with E-state index in [0.29, 0.717) is 5.69 Å². The van der Waals surface area contributed by atoms with E-state index in [0.717, 1.165) is 24.5 Å². The van der Waals surface area contributed by atoms with Crippen molar-refractivity contribution in [3.05, 3.63) is 93.2 Å². The Morgan fingerprint density at radius 3 is 2.26 bits per heavy atom. The summed E-state index contributed by atoms with van der Waals surface area (Å²) >= 11 is 0. The van der Waals surface area contributed by atoms with Gasteiger partial charge in [0.2, 0.25) is 0 Å². The minimum atomic E-state index is -0.524. The van der Waals surface area contributed by atoms with Gasteiger partial charge in [-0.1, -0.05) is 24.3 Å². The quantitative estimate of drug-likeness (QED) is 0.268. The maximum absolute atomic E-state index is 13.2. The largest absolute Gasteiger partial charge is 0.372 e. The van der Waals surface area contributed by atoms with Crippen LogP contribution in [-0.2, 0) is 6.54 Å². The van der Waals surface area contributed by atoms with Crippen LogP contribution in [0.15, 0.2) is 60.8 Å². The van der Waals surface area contributed by atoms with Crippen LogP contribution in [0.2, 0.25) is 0 Å². The van der Waals surface area contributed by atoms with Gasteiger partial charge < -0.3 is 15.1 Å². The predicted octanol–water partition coefficient (Wildman–Crippen LogP) is 4.06. The van der Waals surface area contributed by atoms with Gasteiger partial charge in [0.05, 0.1) is 10.5 Å². The van der Waals surface area contributed by atoms with Crippen molar-refractivity contribution in [2.45, 2.75) is 20.4 Å². The lowest BCUT2D eigenvalue weighted by Gasteiger charge is -2.19. The molecule has 0 spiro atoms. The van der Waals surface area contributed by atoms with E-state index in [2.05, 4.69) is 29.0 Å². The molecule has 9 nitrogen and oxygen atoms in total. The number of hydrogen-bond acceptors (Lipinski definition) is 7. The zero-order chi connectivity index (χ0) is 25.5. The number of amides is 1. The Morgan fingerprint density at radius 2 is 1.69 bits per heavy atom. The summed E-state index contributed by atoms with van der Waals surface area (Å²) in [4.78, 5) is 45.4. The first-order valence-corrected chi connectivity index (χ1v) is 11.3. The van der Waals surface area contributed by atoms with Crippen molar-refractivity contribution >= 4 is 28.9 Å². The van der Waals surface area contributed by atoms with E-state index in [4.69, 9.17) is 0 Å². The van der Waals surface area contributed by atoms with Crippen LogP contribution in [0.3, 0.4) is 0 Å². The number of carbonyl (C=O) groups is 2. The summed E-state index contributed by atoms with van der Waals surface area (Å²) in [6, 6.07) is 14.6. The fraction of sp³-hybridized carbons (Fsp3) is 0.269. The normalized spacial score (nSPS) is 10.5. The van der Waals surface area contributed by atoms with Crippen LogP contribution in [0.25, 0.3) is 0 Å². The van der Waals surface area contributed by atoms with Crippen LogP contribution in [-0.4, -0.2) is 48.8 Å². The number of anilines is 2. The van der Waals surface area contributed by atoms with Gasteiger partial charge in [-0.15, -0.1) is 0 Å². The highest BCUT2D eigenvalue weighted by atomic mass is 16.6. The van der Waals surface area contributed by atoms with Gasteiger partial charge in [0.25, 0.3) is 11.6 Å². The third-order valence-corrected chi connectivity index (χ3v) is 5.68. The van der Waals surface area contributed by atoms with Crippen molar-refractivity contribution in [1.82, 2.24) is 10.3 Å². The van der Waals surface area contributed by atoms with Crippen molar-refractivity contribution in [1.29, 1.82) is 0 Å².